The molecule has 0 spiro atoms. The highest BCUT2D eigenvalue weighted by molar-refractivity contribution is 6.13. The largest absolute Gasteiger partial charge is 0.396 e. The van der Waals surface area contributed by atoms with Crippen LogP contribution in [0.15, 0.2) is 18.2 Å². The first-order valence-electron chi connectivity index (χ1n) is 4.62. The third-order valence-corrected chi connectivity index (χ3v) is 2.61. The van der Waals surface area contributed by atoms with E-state index in [0.717, 1.165) is 0 Å². The molecule has 5 heteroatoms. The minimum absolute atomic E-state index is 0.229. The quantitative estimate of drug-likeness (QED) is 0.486. The van der Waals surface area contributed by atoms with Crippen molar-refractivity contribution in [3.63, 3.8) is 0 Å². The van der Waals surface area contributed by atoms with Gasteiger partial charge in [-0.1, -0.05) is 12.1 Å². The molecule has 0 unspecified atom stereocenters. The summed E-state index contributed by atoms with van der Waals surface area (Å²) in [4.78, 5) is 0. The molecule has 2 aromatic carbocycles. The zero-order valence-corrected chi connectivity index (χ0v) is 8.49. The first-order valence-corrected chi connectivity index (χ1v) is 4.62. The summed E-state index contributed by atoms with van der Waals surface area (Å²) in [6.07, 6.45) is 0. The second-order valence-corrected chi connectivity index (χ2v) is 3.49. The summed E-state index contributed by atoms with van der Waals surface area (Å²) in [6.45, 7) is 0. The Morgan fingerprint density at radius 2 is 1.50 bits per heavy atom. The Bertz CT molecular complexity index is 625. The number of anilines is 4. The van der Waals surface area contributed by atoms with Crippen LogP contribution in [-0.2, 0) is 0 Å². The molecule has 8 N–H and O–H groups in total. The Balaban J connectivity index is 3.10. The van der Waals surface area contributed by atoms with E-state index >= 15 is 0 Å². The second-order valence-electron chi connectivity index (χ2n) is 3.49. The standard InChI is InChI=1S/C11H11N5/c12-4-5-2-1-3-6-7(5)9(14)11(16)10(15)8(6)13/h1-3H,13-16H2. The molecule has 16 heavy (non-hydrogen) atoms. The van der Waals surface area contributed by atoms with Crippen LogP contribution in [0.25, 0.3) is 10.8 Å². The van der Waals surface area contributed by atoms with Gasteiger partial charge in [0.25, 0.3) is 0 Å². The fraction of sp³-hybridized carbons (Fsp3) is 0. The van der Waals surface area contributed by atoms with Crippen molar-refractivity contribution >= 4 is 33.5 Å². The lowest BCUT2D eigenvalue weighted by molar-refractivity contribution is 1.50. The van der Waals surface area contributed by atoms with Gasteiger partial charge in [-0.3, -0.25) is 0 Å². The lowest BCUT2D eigenvalue weighted by atomic mass is 9.99. The van der Waals surface area contributed by atoms with Crippen molar-refractivity contribution < 1.29 is 0 Å². The van der Waals surface area contributed by atoms with Crippen LogP contribution in [0, 0.1) is 11.3 Å². The molecule has 5 nitrogen and oxygen atoms in total. The van der Waals surface area contributed by atoms with E-state index in [2.05, 4.69) is 6.07 Å². The smallest absolute Gasteiger partial charge is 0.0999 e. The zero-order chi connectivity index (χ0) is 11.9. The zero-order valence-electron chi connectivity index (χ0n) is 8.49. The monoisotopic (exact) mass is 213 g/mol. The van der Waals surface area contributed by atoms with Crippen LogP contribution in [0.5, 0.6) is 0 Å². The van der Waals surface area contributed by atoms with E-state index in [1.807, 2.05) is 0 Å². The average molecular weight is 213 g/mol. The van der Waals surface area contributed by atoms with Crippen molar-refractivity contribution in [1.29, 1.82) is 5.26 Å². The summed E-state index contributed by atoms with van der Waals surface area (Å²) < 4.78 is 0. The summed E-state index contributed by atoms with van der Waals surface area (Å²) in [6, 6.07) is 7.20. The van der Waals surface area contributed by atoms with Gasteiger partial charge in [0.15, 0.2) is 0 Å². The average Bonchev–Trinajstić information content (AvgIpc) is 2.32. The van der Waals surface area contributed by atoms with Crippen molar-refractivity contribution in [1.82, 2.24) is 0 Å². The Morgan fingerprint density at radius 1 is 0.875 bits per heavy atom. The molecule has 2 aromatic rings. The third kappa shape index (κ3) is 1.10. The van der Waals surface area contributed by atoms with Crippen LogP contribution in [-0.4, -0.2) is 0 Å². The molecule has 0 saturated carbocycles. The van der Waals surface area contributed by atoms with Gasteiger partial charge >= 0.3 is 0 Å². The lowest BCUT2D eigenvalue weighted by Crippen LogP contribution is -2.05. The van der Waals surface area contributed by atoms with E-state index in [0.29, 0.717) is 27.7 Å². The predicted octanol–water partition coefficient (Wildman–Crippen LogP) is 1.04. The molecule has 80 valence electrons. The van der Waals surface area contributed by atoms with E-state index in [1.54, 1.807) is 18.2 Å². The number of benzene rings is 2. The van der Waals surface area contributed by atoms with Crippen LogP contribution in [0.1, 0.15) is 5.56 Å². The van der Waals surface area contributed by atoms with Gasteiger partial charge in [-0.2, -0.15) is 5.26 Å². The molecule has 0 aliphatic carbocycles. The molecule has 0 amide bonds. The third-order valence-electron chi connectivity index (χ3n) is 2.61. The first-order chi connectivity index (χ1) is 7.57. The summed E-state index contributed by atoms with van der Waals surface area (Å²) in [5.41, 5.74) is 24.8. The van der Waals surface area contributed by atoms with Gasteiger partial charge in [-0.15, -0.1) is 0 Å². The molecule has 0 aromatic heterocycles. The van der Waals surface area contributed by atoms with Crippen molar-refractivity contribution in [2.45, 2.75) is 0 Å². The Hall–Kier alpha value is -2.61. The van der Waals surface area contributed by atoms with Crippen molar-refractivity contribution in [2.24, 2.45) is 0 Å². The minimum atomic E-state index is 0.229. The number of nitrogen functional groups attached to an aromatic ring is 4. The van der Waals surface area contributed by atoms with Gasteiger partial charge in [-0.25, -0.2) is 0 Å². The molecule has 0 bridgehead atoms. The number of nitrogens with zero attached hydrogens (tertiary/aromatic N) is 1. The molecule has 0 aliphatic rings. The van der Waals surface area contributed by atoms with E-state index < -0.39 is 0 Å². The Kier molecular flexibility index (Phi) is 1.99. The number of nitrogens with two attached hydrogens (primary N) is 4. The molecule has 0 radical (unpaired) electrons. The summed E-state index contributed by atoms with van der Waals surface area (Å²) in [5, 5.41) is 10.2. The van der Waals surface area contributed by atoms with E-state index in [-0.39, 0.29) is 11.4 Å². The highest BCUT2D eigenvalue weighted by Gasteiger charge is 2.14. The molecule has 0 aliphatic heterocycles. The molecular weight excluding hydrogens is 202 g/mol. The molecule has 0 fully saturated rings. The number of hydrogen-bond acceptors (Lipinski definition) is 5. The Morgan fingerprint density at radius 3 is 2.12 bits per heavy atom. The van der Waals surface area contributed by atoms with E-state index in [1.165, 1.54) is 0 Å². The van der Waals surface area contributed by atoms with Gasteiger partial charge in [0.1, 0.15) is 0 Å². The fourth-order valence-corrected chi connectivity index (χ4v) is 1.73. The topological polar surface area (TPSA) is 128 Å². The van der Waals surface area contributed by atoms with Crippen LogP contribution in [0.3, 0.4) is 0 Å². The van der Waals surface area contributed by atoms with Crippen molar-refractivity contribution in [3.05, 3.63) is 23.8 Å². The number of hydrogen-bond donors (Lipinski definition) is 4. The summed E-state index contributed by atoms with van der Waals surface area (Å²) >= 11 is 0. The Labute approximate surface area is 92.2 Å². The van der Waals surface area contributed by atoms with Gasteiger partial charge in [0.2, 0.25) is 0 Å². The summed E-state index contributed by atoms with van der Waals surface area (Å²) in [7, 11) is 0. The molecule has 0 saturated heterocycles. The maximum Gasteiger partial charge on any atom is 0.0999 e. The highest BCUT2D eigenvalue weighted by atomic mass is 14.8. The van der Waals surface area contributed by atoms with Crippen LogP contribution in [0.4, 0.5) is 22.7 Å². The van der Waals surface area contributed by atoms with E-state index in [9.17, 15) is 0 Å². The SMILES string of the molecule is N#Cc1cccc2c(N)c(N)c(N)c(N)c12. The van der Waals surface area contributed by atoms with Gasteiger partial charge < -0.3 is 22.9 Å². The molecule has 2 rings (SSSR count). The number of fused-ring (bicyclic) bond motifs is 1. The maximum atomic E-state index is 8.99. The highest BCUT2D eigenvalue weighted by Crippen LogP contribution is 2.39. The molecule has 0 heterocycles. The van der Waals surface area contributed by atoms with Gasteiger partial charge in [-0.05, 0) is 6.07 Å². The van der Waals surface area contributed by atoms with Crippen LogP contribution < -0.4 is 22.9 Å². The first kappa shape index (κ1) is 9.93. The lowest BCUT2D eigenvalue weighted by Gasteiger charge is -2.13. The number of rotatable bonds is 0. The maximum absolute atomic E-state index is 8.99. The fourth-order valence-electron chi connectivity index (χ4n) is 1.73. The molecular formula is C11H11N5. The molecule has 0 atom stereocenters. The second kappa shape index (κ2) is 3.21. The predicted molar refractivity (Wildman–Crippen MR) is 66.3 cm³/mol. The van der Waals surface area contributed by atoms with E-state index in [4.69, 9.17) is 28.2 Å². The number of nitriles is 1. The normalized spacial score (nSPS) is 10.2. The van der Waals surface area contributed by atoms with Crippen LogP contribution in [0.2, 0.25) is 0 Å². The van der Waals surface area contributed by atoms with Gasteiger partial charge in [0.05, 0.1) is 34.4 Å². The van der Waals surface area contributed by atoms with Crippen LogP contribution >= 0.6 is 0 Å². The summed E-state index contributed by atoms with van der Waals surface area (Å²) in [5.74, 6) is 0. The minimum Gasteiger partial charge on any atom is -0.396 e. The van der Waals surface area contributed by atoms with Crippen molar-refractivity contribution in [3.8, 4) is 6.07 Å². The van der Waals surface area contributed by atoms with Gasteiger partial charge in [0, 0.05) is 10.8 Å². The van der Waals surface area contributed by atoms with Crippen molar-refractivity contribution in [2.75, 3.05) is 22.9 Å².